The summed E-state index contributed by atoms with van der Waals surface area (Å²) >= 11 is 0. The molecule has 5 heteroatoms. The lowest BCUT2D eigenvalue weighted by molar-refractivity contribution is 0.325. The fourth-order valence-electron chi connectivity index (χ4n) is 1.04. The molecular weight excluding hydrogens is 202 g/mol. The van der Waals surface area contributed by atoms with Crippen LogP contribution in [0.3, 0.4) is 0 Å². The van der Waals surface area contributed by atoms with Crippen LogP contribution < -0.4 is 5.32 Å². The molecule has 0 bridgehead atoms. The van der Waals surface area contributed by atoms with Crippen LogP contribution in [0.4, 0.5) is 5.69 Å². The van der Waals surface area contributed by atoms with E-state index in [1.165, 1.54) is 12.1 Å². The number of aliphatic hydroxyl groups is 1. The average molecular weight is 215 g/mol. The van der Waals surface area contributed by atoms with E-state index in [4.69, 9.17) is 5.11 Å². The molecule has 0 saturated heterocycles. The van der Waals surface area contributed by atoms with E-state index in [2.05, 4.69) is 5.32 Å². The van der Waals surface area contributed by atoms with Gasteiger partial charge >= 0.3 is 0 Å². The fourth-order valence-corrected chi connectivity index (χ4v) is 1.92. The zero-order valence-corrected chi connectivity index (χ0v) is 8.71. The van der Waals surface area contributed by atoms with Crippen molar-refractivity contribution < 1.29 is 13.5 Å². The molecule has 0 heterocycles. The highest BCUT2D eigenvalue weighted by Gasteiger charge is 2.10. The first kappa shape index (κ1) is 11.0. The van der Waals surface area contributed by atoms with E-state index in [0.29, 0.717) is 10.6 Å². The molecule has 0 saturated carbocycles. The van der Waals surface area contributed by atoms with Gasteiger partial charge in [-0.15, -0.1) is 0 Å². The van der Waals surface area contributed by atoms with Crippen LogP contribution in [0, 0.1) is 0 Å². The Morgan fingerprint density at radius 1 is 1.29 bits per heavy atom. The minimum absolute atomic E-state index is 0.0970. The van der Waals surface area contributed by atoms with Crippen LogP contribution in [0.2, 0.25) is 0 Å². The topological polar surface area (TPSA) is 66.4 Å². The smallest absolute Gasteiger partial charge is 0.178 e. The summed E-state index contributed by atoms with van der Waals surface area (Å²) in [6, 6.07) is 6.30. The Hall–Kier alpha value is -1.07. The molecule has 0 aliphatic rings. The Labute approximate surface area is 83.5 Å². The minimum Gasteiger partial charge on any atom is -0.377 e. The number of anilines is 1. The van der Waals surface area contributed by atoms with Crippen LogP contribution in [0.15, 0.2) is 29.2 Å². The molecular formula is C9H13NO3S. The van der Waals surface area contributed by atoms with Crippen molar-refractivity contribution in [2.24, 2.45) is 0 Å². The molecule has 0 amide bonds. The normalized spacial score (nSPS) is 11.3. The quantitative estimate of drug-likeness (QED) is 0.730. The van der Waals surface area contributed by atoms with Gasteiger partial charge in [0, 0.05) is 5.69 Å². The first-order valence-electron chi connectivity index (χ1n) is 4.27. The third kappa shape index (κ3) is 2.46. The van der Waals surface area contributed by atoms with Gasteiger partial charge in [-0.05, 0) is 24.3 Å². The summed E-state index contributed by atoms with van der Waals surface area (Å²) in [6.45, 7) is 1.44. The molecule has 0 spiro atoms. The van der Waals surface area contributed by atoms with Gasteiger partial charge in [0.05, 0.1) is 10.6 Å². The van der Waals surface area contributed by atoms with E-state index in [0.717, 1.165) is 0 Å². The zero-order valence-electron chi connectivity index (χ0n) is 7.90. The molecule has 1 aromatic rings. The maximum Gasteiger partial charge on any atom is 0.178 e. The molecule has 0 radical (unpaired) electrons. The molecule has 78 valence electrons. The van der Waals surface area contributed by atoms with Gasteiger partial charge in [-0.3, -0.25) is 0 Å². The van der Waals surface area contributed by atoms with Crippen molar-refractivity contribution in [3.63, 3.8) is 0 Å². The van der Waals surface area contributed by atoms with Crippen LogP contribution in [0.5, 0.6) is 0 Å². The largest absolute Gasteiger partial charge is 0.377 e. The summed E-state index contributed by atoms with van der Waals surface area (Å²) in [5, 5.41) is 11.2. The first-order valence-corrected chi connectivity index (χ1v) is 5.93. The van der Waals surface area contributed by atoms with Crippen LogP contribution in [0.25, 0.3) is 0 Å². The van der Waals surface area contributed by atoms with Crippen molar-refractivity contribution >= 4 is 15.5 Å². The summed E-state index contributed by atoms with van der Waals surface area (Å²) in [4.78, 5) is 0.309. The predicted octanol–water partition coefficient (Wildman–Crippen LogP) is 0.842. The maximum atomic E-state index is 11.4. The van der Waals surface area contributed by atoms with Crippen LogP contribution in [-0.4, -0.2) is 26.0 Å². The molecule has 0 aromatic heterocycles. The number of sulfone groups is 1. The third-order valence-corrected chi connectivity index (χ3v) is 3.63. The Bertz CT molecular complexity index is 383. The SMILES string of the molecule is CCS(=O)(=O)c1ccc(NCO)cc1. The van der Waals surface area contributed by atoms with Gasteiger partial charge in [-0.25, -0.2) is 8.42 Å². The second-order valence-electron chi connectivity index (χ2n) is 2.76. The summed E-state index contributed by atoms with van der Waals surface area (Å²) in [7, 11) is -3.12. The molecule has 14 heavy (non-hydrogen) atoms. The number of rotatable bonds is 4. The maximum absolute atomic E-state index is 11.4. The monoisotopic (exact) mass is 215 g/mol. The summed E-state index contributed by atoms with van der Waals surface area (Å²) < 4.78 is 22.8. The van der Waals surface area contributed by atoms with E-state index < -0.39 is 9.84 Å². The second kappa shape index (κ2) is 4.43. The summed E-state index contributed by atoms with van der Waals surface area (Å²) in [5.41, 5.74) is 0.697. The van der Waals surface area contributed by atoms with E-state index in [1.807, 2.05) is 0 Å². The number of benzene rings is 1. The lowest BCUT2D eigenvalue weighted by Gasteiger charge is -2.04. The minimum atomic E-state index is -3.12. The van der Waals surface area contributed by atoms with Gasteiger partial charge < -0.3 is 10.4 Å². The van der Waals surface area contributed by atoms with E-state index in [1.54, 1.807) is 19.1 Å². The number of hydrogen-bond acceptors (Lipinski definition) is 4. The Kier molecular flexibility index (Phi) is 3.49. The van der Waals surface area contributed by atoms with Crippen molar-refractivity contribution in [1.29, 1.82) is 0 Å². The van der Waals surface area contributed by atoms with Crippen molar-refractivity contribution in [2.45, 2.75) is 11.8 Å². The number of aliphatic hydroxyl groups excluding tert-OH is 1. The highest BCUT2D eigenvalue weighted by molar-refractivity contribution is 7.91. The van der Waals surface area contributed by atoms with Gasteiger partial charge in [0.2, 0.25) is 0 Å². The van der Waals surface area contributed by atoms with Gasteiger partial charge in [0.1, 0.15) is 6.73 Å². The molecule has 1 rings (SSSR count). The lowest BCUT2D eigenvalue weighted by Crippen LogP contribution is -2.04. The number of hydrogen-bond donors (Lipinski definition) is 2. The molecule has 0 atom stereocenters. The lowest BCUT2D eigenvalue weighted by atomic mass is 10.3. The van der Waals surface area contributed by atoms with E-state index in [-0.39, 0.29) is 12.5 Å². The van der Waals surface area contributed by atoms with Crippen molar-refractivity contribution in [2.75, 3.05) is 17.8 Å². The molecule has 0 aliphatic heterocycles. The summed E-state index contributed by atoms with van der Waals surface area (Å²) in [5.74, 6) is 0.0970. The van der Waals surface area contributed by atoms with Gasteiger partial charge in [-0.1, -0.05) is 6.92 Å². The zero-order chi connectivity index (χ0) is 10.6. The first-order chi connectivity index (χ1) is 6.60. The highest BCUT2D eigenvalue weighted by Crippen LogP contribution is 2.14. The molecule has 0 aliphatic carbocycles. The molecule has 4 nitrogen and oxygen atoms in total. The van der Waals surface area contributed by atoms with E-state index >= 15 is 0 Å². The van der Waals surface area contributed by atoms with Crippen LogP contribution in [-0.2, 0) is 9.84 Å². The molecule has 2 N–H and O–H groups in total. The Morgan fingerprint density at radius 3 is 2.29 bits per heavy atom. The van der Waals surface area contributed by atoms with E-state index in [9.17, 15) is 8.42 Å². The van der Waals surface area contributed by atoms with Gasteiger partial charge in [0.25, 0.3) is 0 Å². The fraction of sp³-hybridized carbons (Fsp3) is 0.333. The van der Waals surface area contributed by atoms with Gasteiger partial charge in [-0.2, -0.15) is 0 Å². The predicted molar refractivity (Wildman–Crippen MR) is 54.9 cm³/mol. The highest BCUT2D eigenvalue weighted by atomic mass is 32.2. The molecule has 1 aromatic carbocycles. The molecule has 0 unspecified atom stereocenters. The van der Waals surface area contributed by atoms with Crippen LogP contribution >= 0.6 is 0 Å². The number of nitrogens with one attached hydrogen (secondary N) is 1. The van der Waals surface area contributed by atoms with Crippen LogP contribution in [0.1, 0.15) is 6.92 Å². The van der Waals surface area contributed by atoms with Gasteiger partial charge in [0.15, 0.2) is 9.84 Å². The van der Waals surface area contributed by atoms with Crippen molar-refractivity contribution in [1.82, 2.24) is 0 Å². The van der Waals surface area contributed by atoms with Crippen molar-refractivity contribution in [3.05, 3.63) is 24.3 Å². The van der Waals surface area contributed by atoms with Crippen molar-refractivity contribution in [3.8, 4) is 0 Å². The Balaban J connectivity index is 2.94. The third-order valence-electron chi connectivity index (χ3n) is 1.88. The summed E-state index contributed by atoms with van der Waals surface area (Å²) in [6.07, 6.45) is 0. The average Bonchev–Trinajstić information content (AvgIpc) is 2.19. The standard InChI is InChI=1S/C9H13NO3S/c1-2-14(12,13)9-5-3-8(4-6-9)10-7-11/h3-6,10-11H,2,7H2,1H3. The second-order valence-corrected chi connectivity index (χ2v) is 5.04. The Morgan fingerprint density at radius 2 is 1.86 bits per heavy atom. The molecule has 0 fully saturated rings.